The highest BCUT2D eigenvalue weighted by Gasteiger charge is 2.29. The van der Waals surface area contributed by atoms with Crippen LogP contribution in [0, 0.1) is 16.0 Å². The summed E-state index contributed by atoms with van der Waals surface area (Å²) in [5.74, 6) is -0.468. The molecule has 108 valence electrons. The van der Waals surface area contributed by atoms with E-state index in [1.165, 1.54) is 0 Å². The van der Waals surface area contributed by atoms with E-state index in [0.717, 1.165) is 38.3 Å². The van der Waals surface area contributed by atoms with E-state index in [2.05, 4.69) is 9.89 Å². The molecule has 7 nitrogen and oxygen atoms in total. The van der Waals surface area contributed by atoms with Gasteiger partial charge < -0.3 is 9.57 Å². The minimum absolute atomic E-state index is 0.137. The third kappa shape index (κ3) is 6.17. The van der Waals surface area contributed by atoms with E-state index in [0.29, 0.717) is 0 Å². The van der Waals surface area contributed by atoms with Gasteiger partial charge in [0, 0.05) is 10.8 Å². The van der Waals surface area contributed by atoms with Crippen LogP contribution in [-0.4, -0.2) is 36.4 Å². The lowest BCUT2D eigenvalue weighted by Crippen LogP contribution is -2.31. The van der Waals surface area contributed by atoms with Crippen molar-refractivity contribution in [1.82, 2.24) is 0 Å². The van der Waals surface area contributed by atoms with Crippen molar-refractivity contribution in [3.05, 3.63) is 10.1 Å². The van der Waals surface area contributed by atoms with E-state index >= 15 is 0 Å². The Morgan fingerprint density at radius 1 is 1.47 bits per heavy atom. The molecule has 1 saturated carbocycles. The SMILES string of the molecule is CCOC(=O)/C=N/O[C@@H](C[N+](=O)[O-])C1CCCCC1. The van der Waals surface area contributed by atoms with Crippen molar-refractivity contribution in [2.24, 2.45) is 11.1 Å². The van der Waals surface area contributed by atoms with Crippen LogP contribution in [0.4, 0.5) is 0 Å². The number of carbonyl (C=O) groups excluding carboxylic acids is 1. The van der Waals surface area contributed by atoms with Crippen LogP contribution < -0.4 is 0 Å². The first-order chi connectivity index (χ1) is 9.13. The molecule has 1 fully saturated rings. The second kappa shape index (κ2) is 8.44. The monoisotopic (exact) mass is 272 g/mol. The number of oxime groups is 1. The lowest BCUT2D eigenvalue weighted by molar-refractivity contribution is -0.494. The highest BCUT2D eigenvalue weighted by molar-refractivity contribution is 6.22. The summed E-state index contributed by atoms with van der Waals surface area (Å²) in [7, 11) is 0. The molecule has 1 rings (SSSR count). The lowest BCUT2D eigenvalue weighted by atomic mass is 9.85. The lowest BCUT2D eigenvalue weighted by Gasteiger charge is -2.25. The summed E-state index contributed by atoms with van der Waals surface area (Å²) in [4.78, 5) is 26.4. The van der Waals surface area contributed by atoms with Crippen molar-refractivity contribution in [3.63, 3.8) is 0 Å². The maximum atomic E-state index is 11.0. The van der Waals surface area contributed by atoms with Gasteiger partial charge in [-0.25, -0.2) is 4.79 Å². The van der Waals surface area contributed by atoms with Crippen LogP contribution in [0.15, 0.2) is 5.16 Å². The van der Waals surface area contributed by atoms with Crippen molar-refractivity contribution in [3.8, 4) is 0 Å². The van der Waals surface area contributed by atoms with Crippen molar-refractivity contribution >= 4 is 12.2 Å². The molecule has 0 spiro atoms. The summed E-state index contributed by atoms with van der Waals surface area (Å²) in [6, 6.07) is 0. The Kier molecular flexibility index (Phi) is 6.84. The number of hydrogen-bond donors (Lipinski definition) is 0. The molecule has 19 heavy (non-hydrogen) atoms. The van der Waals surface area contributed by atoms with Gasteiger partial charge in [0.2, 0.25) is 6.54 Å². The van der Waals surface area contributed by atoms with Gasteiger partial charge in [0.1, 0.15) is 0 Å². The molecule has 7 heteroatoms. The van der Waals surface area contributed by atoms with E-state index in [4.69, 9.17) is 4.84 Å². The molecule has 0 unspecified atom stereocenters. The minimum atomic E-state index is -0.606. The maximum absolute atomic E-state index is 11.0. The van der Waals surface area contributed by atoms with Crippen LogP contribution >= 0.6 is 0 Å². The molecule has 0 heterocycles. The first-order valence-corrected chi connectivity index (χ1v) is 6.61. The van der Waals surface area contributed by atoms with E-state index < -0.39 is 17.0 Å². The van der Waals surface area contributed by atoms with Gasteiger partial charge >= 0.3 is 5.97 Å². The molecule has 0 bridgehead atoms. The summed E-state index contributed by atoms with van der Waals surface area (Å²) in [5, 5.41) is 14.1. The Morgan fingerprint density at radius 3 is 2.74 bits per heavy atom. The van der Waals surface area contributed by atoms with Gasteiger partial charge in [-0.2, -0.15) is 0 Å². The fourth-order valence-corrected chi connectivity index (χ4v) is 2.25. The number of esters is 1. The van der Waals surface area contributed by atoms with E-state index in [1.54, 1.807) is 6.92 Å². The molecule has 0 aromatic heterocycles. The zero-order valence-electron chi connectivity index (χ0n) is 11.1. The van der Waals surface area contributed by atoms with Crippen LogP contribution in [0.3, 0.4) is 0 Å². The Bertz CT molecular complexity index is 326. The summed E-state index contributed by atoms with van der Waals surface area (Å²) in [6.07, 6.45) is 5.45. The molecule has 0 aromatic rings. The van der Waals surface area contributed by atoms with Gasteiger partial charge in [-0.05, 0) is 19.8 Å². The minimum Gasteiger partial charge on any atom is -0.462 e. The molecular formula is C12H20N2O5. The van der Waals surface area contributed by atoms with Crippen LogP contribution in [0.1, 0.15) is 39.0 Å². The standard InChI is InChI=1S/C12H20N2O5/c1-2-18-12(15)8-13-19-11(9-14(16)17)10-6-4-3-5-7-10/h8,10-11H,2-7,9H2,1H3/b13-8+/t11-/m0/s1. The van der Waals surface area contributed by atoms with Gasteiger partial charge in [0.05, 0.1) is 6.61 Å². The number of nitro groups is 1. The highest BCUT2D eigenvalue weighted by Crippen LogP contribution is 2.28. The first kappa shape index (κ1) is 15.4. The molecule has 0 aliphatic heterocycles. The molecule has 0 saturated heterocycles. The molecule has 1 atom stereocenters. The maximum Gasteiger partial charge on any atom is 0.352 e. The largest absolute Gasteiger partial charge is 0.462 e. The van der Waals surface area contributed by atoms with E-state index in [9.17, 15) is 14.9 Å². The Balaban J connectivity index is 2.48. The molecule has 0 amide bonds. The summed E-state index contributed by atoms with van der Waals surface area (Å²) in [5.41, 5.74) is 0. The van der Waals surface area contributed by atoms with E-state index in [-0.39, 0.29) is 19.1 Å². The zero-order chi connectivity index (χ0) is 14.1. The molecule has 1 aliphatic carbocycles. The van der Waals surface area contributed by atoms with Crippen LogP contribution in [0.5, 0.6) is 0 Å². The summed E-state index contributed by atoms with van der Waals surface area (Å²) < 4.78 is 4.65. The second-order valence-corrected chi connectivity index (χ2v) is 4.54. The molecule has 0 aromatic carbocycles. The number of hydrogen-bond acceptors (Lipinski definition) is 6. The summed E-state index contributed by atoms with van der Waals surface area (Å²) >= 11 is 0. The fourth-order valence-electron chi connectivity index (χ4n) is 2.25. The quantitative estimate of drug-likeness (QED) is 0.305. The normalized spacial score (nSPS) is 18.2. The number of carbonyl (C=O) groups is 1. The summed E-state index contributed by atoms with van der Waals surface area (Å²) in [6.45, 7) is 1.65. The number of rotatable bonds is 7. The molecular weight excluding hydrogens is 252 g/mol. The molecule has 0 radical (unpaired) electrons. The van der Waals surface area contributed by atoms with Gasteiger partial charge in [-0.1, -0.05) is 24.4 Å². The third-order valence-electron chi connectivity index (χ3n) is 3.15. The fraction of sp³-hybridized carbons (Fsp3) is 0.833. The van der Waals surface area contributed by atoms with Crippen molar-refractivity contribution in [2.45, 2.75) is 45.1 Å². The van der Waals surface area contributed by atoms with Crippen molar-refractivity contribution in [1.29, 1.82) is 0 Å². The van der Waals surface area contributed by atoms with Crippen molar-refractivity contribution < 1.29 is 19.3 Å². The number of nitrogens with zero attached hydrogens (tertiary/aromatic N) is 2. The van der Waals surface area contributed by atoms with Gasteiger partial charge in [0.15, 0.2) is 12.3 Å². The average Bonchev–Trinajstić information content (AvgIpc) is 2.38. The van der Waals surface area contributed by atoms with Crippen molar-refractivity contribution in [2.75, 3.05) is 13.2 Å². The third-order valence-corrected chi connectivity index (χ3v) is 3.15. The zero-order valence-corrected chi connectivity index (χ0v) is 11.1. The smallest absolute Gasteiger partial charge is 0.352 e. The van der Waals surface area contributed by atoms with Gasteiger partial charge in [-0.15, -0.1) is 0 Å². The Labute approximate surface area is 112 Å². The Morgan fingerprint density at radius 2 is 2.16 bits per heavy atom. The predicted octanol–water partition coefficient (Wildman–Crippen LogP) is 1.78. The van der Waals surface area contributed by atoms with Gasteiger partial charge in [-0.3, -0.25) is 10.1 Å². The molecule has 1 aliphatic rings. The Hall–Kier alpha value is -1.66. The average molecular weight is 272 g/mol. The predicted molar refractivity (Wildman–Crippen MR) is 68.4 cm³/mol. The van der Waals surface area contributed by atoms with Crippen LogP contribution in [-0.2, 0) is 14.4 Å². The van der Waals surface area contributed by atoms with Crippen LogP contribution in [0.2, 0.25) is 0 Å². The van der Waals surface area contributed by atoms with E-state index in [1.807, 2.05) is 0 Å². The first-order valence-electron chi connectivity index (χ1n) is 6.61. The molecule has 0 N–H and O–H groups in total. The topological polar surface area (TPSA) is 91.0 Å². The second-order valence-electron chi connectivity index (χ2n) is 4.54. The highest BCUT2D eigenvalue weighted by atomic mass is 16.7. The number of ether oxygens (including phenoxy) is 1. The van der Waals surface area contributed by atoms with Gasteiger partial charge in [0.25, 0.3) is 0 Å². The van der Waals surface area contributed by atoms with Crippen LogP contribution in [0.25, 0.3) is 0 Å².